The number of carbonyl (C=O) groups is 1. The summed E-state index contributed by atoms with van der Waals surface area (Å²) in [7, 11) is 0. The molecular formula is C21H13ClFN3O2. The highest BCUT2D eigenvalue weighted by molar-refractivity contribution is 6.32. The SMILES string of the molecule is O=C(Nc1ccccn1)c1cc2ccccc2oc1=Nc1ccc(F)cc1Cl. The second kappa shape index (κ2) is 7.62. The second-order valence-corrected chi connectivity index (χ2v) is 6.29. The molecule has 0 unspecified atom stereocenters. The largest absolute Gasteiger partial charge is 0.438 e. The fraction of sp³-hybridized carbons (Fsp3) is 0. The number of rotatable bonds is 3. The predicted molar refractivity (Wildman–Crippen MR) is 105 cm³/mol. The summed E-state index contributed by atoms with van der Waals surface area (Å²) in [4.78, 5) is 21.3. The fourth-order valence-corrected chi connectivity index (χ4v) is 2.83. The van der Waals surface area contributed by atoms with Crippen molar-refractivity contribution in [1.29, 1.82) is 0 Å². The van der Waals surface area contributed by atoms with Crippen molar-refractivity contribution in [3.63, 3.8) is 0 Å². The summed E-state index contributed by atoms with van der Waals surface area (Å²) in [5.41, 5.74) is 1.09. The van der Waals surface area contributed by atoms with Crippen LogP contribution in [0.15, 0.2) is 82.3 Å². The van der Waals surface area contributed by atoms with E-state index in [1.165, 1.54) is 12.1 Å². The van der Waals surface area contributed by atoms with E-state index in [2.05, 4.69) is 15.3 Å². The molecule has 0 bridgehead atoms. The summed E-state index contributed by atoms with van der Waals surface area (Å²) in [6.45, 7) is 0. The second-order valence-electron chi connectivity index (χ2n) is 5.88. The maximum Gasteiger partial charge on any atom is 0.262 e. The molecule has 0 saturated carbocycles. The molecule has 2 aromatic heterocycles. The van der Waals surface area contributed by atoms with Gasteiger partial charge >= 0.3 is 0 Å². The third-order valence-electron chi connectivity index (χ3n) is 3.94. The van der Waals surface area contributed by atoms with E-state index in [0.29, 0.717) is 11.4 Å². The van der Waals surface area contributed by atoms with E-state index in [9.17, 15) is 9.18 Å². The Kier molecular flexibility index (Phi) is 4.87. The minimum absolute atomic E-state index is 0.0561. The molecular weight excluding hydrogens is 381 g/mol. The van der Waals surface area contributed by atoms with Crippen LogP contribution in [0.3, 0.4) is 0 Å². The van der Waals surface area contributed by atoms with Crippen molar-refractivity contribution in [2.24, 2.45) is 4.99 Å². The molecule has 0 saturated heterocycles. The molecule has 2 aromatic carbocycles. The van der Waals surface area contributed by atoms with Gasteiger partial charge in [-0.1, -0.05) is 35.9 Å². The van der Waals surface area contributed by atoms with Crippen molar-refractivity contribution in [3.8, 4) is 0 Å². The molecule has 28 heavy (non-hydrogen) atoms. The number of fused-ring (bicyclic) bond motifs is 1. The smallest absolute Gasteiger partial charge is 0.262 e. The van der Waals surface area contributed by atoms with Gasteiger partial charge in [-0.15, -0.1) is 0 Å². The summed E-state index contributed by atoms with van der Waals surface area (Å²) < 4.78 is 19.2. The van der Waals surface area contributed by atoms with Gasteiger partial charge in [0.2, 0.25) is 5.55 Å². The standard InChI is InChI=1S/C21H13ClFN3O2/c22-16-12-14(23)8-9-17(16)25-21-15(11-13-5-1-2-6-18(13)28-21)20(27)26-19-7-3-4-10-24-19/h1-12H,(H,24,26,27). The molecule has 0 radical (unpaired) electrons. The van der Waals surface area contributed by atoms with Crippen LogP contribution in [0.1, 0.15) is 10.4 Å². The lowest BCUT2D eigenvalue weighted by Crippen LogP contribution is -2.22. The first-order chi connectivity index (χ1) is 13.6. The van der Waals surface area contributed by atoms with Crippen LogP contribution >= 0.6 is 11.6 Å². The molecule has 7 heteroatoms. The highest BCUT2D eigenvalue weighted by Gasteiger charge is 2.14. The van der Waals surface area contributed by atoms with E-state index in [1.807, 2.05) is 18.2 Å². The zero-order valence-electron chi connectivity index (χ0n) is 14.4. The number of para-hydroxylation sites is 1. The highest BCUT2D eigenvalue weighted by Crippen LogP contribution is 2.25. The quantitative estimate of drug-likeness (QED) is 0.526. The number of nitrogens with one attached hydrogen (secondary N) is 1. The predicted octanol–water partition coefficient (Wildman–Crippen LogP) is 5.11. The van der Waals surface area contributed by atoms with Gasteiger partial charge in [-0.2, -0.15) is 0 Å². The topological polar surface area (TPSA) is 67.5 Å². The Bertz CT molecular complexity index is 1240. The van der Waals surface area contributed by atoms with Gasteiger partial charge in [0.1, 0.15) is 22.8 Å². The molecule has 0 fully saturated rings. The monoisotopic (exact) mass is 393 g/mol. The Balaban J connectivity index is 1.87. The van der Waals surface area contributed by atoms with Crippen LogP contribution in [-0.4, -0.2) is 10.9 Å². The lowest BCUT2D eigenvalue weighted by Gasteiger charge is -2.06. The molecule has 0 aliphatic heterocycles. The van der Waals surface area contributed by atoms with Gasteiger partial charge in [0.15, 0.2) is 0 Å². The average molecular weight is 394 g/mol. The Hall–Kier alpha value is -3.51. The van der Waals surface area contributed by atoms with E-state index in [1.54, 1.807) is 36.5 Å². The third kappa shape index (κ3) is 3.77. The lowest BCUT2D eigenvalue weighted by atomic mass is 10.1. The van der Waals surface area contributed by atoms with Crippen LogP contribution in [0.4, 0.5) is 15.9 Å². The number of hydrogen-bond donors (Lipinski definition) is 1. The van der Waals surface area contributed by atoms with Crippen molar-refractivity contribution >= 4 is 40.0 Å². The van der Waals surface area contributed by atoms with Gasteiger partial charge < -0.3 is 9.73 Å². The number of pyridine rings is 1. The maximum absolute atomic E-state index is 13.3. The number of aromatic nitrogens is 1. The van der Waals surface area contributed by atoms with Gasteiger partial charge in [0, 0.05) is 11.6 Å². The van der Waals surface area contributed by atoms with Gasteiger partial charge in [0.05, 0.1) is 10.7 Å². The van der Waals surface area contributed by atoms with Crippen LogP contribution in [0.2, 0.25) is 5.02 Å². The van der Waals surface area contributed by atoms with Crippen LogP contribution in [0.25, 0.3) is 11.0 Å². The van der Waals surface area contributed by atoms with E-state index in [4.69, 9.17) is 16.0 Å². The zero-order chi connectivity index (χ0) is 19.5. The zero-order valence-corrected chi connectivity index (χ0v) is 15.2. The molecule has 1 N–H and O–H groups in total. The Morgan fingerprint density at radius 1 is 1.07 bits per heavy atom. The molecule has 138 valence electrons. The fourth-order valence-electron chi connectivity index (χ4n) is 2.62. The van der Waals surface area contributed by atoms with Crippen LogP contribution in [-0.2, 0) is 0 Å². The molecule has 4 rings (SSSR count). The van der Waals surface area contributed by atoms with Crippen molar-refractivity contribution < 1.29 is 13.6 Å². The van der Waals surface area contributed by atoms with Crippen molar-refractivity contribution in [2.45, 2.75) is 0 Å². The molecule has 0 atom stereocenters. The van der Waals surface area contributed by atoms with Crippen molar-refractivity contribution in [1.82, 2.24) is 4.98 Å². The van der Waals surface area contributed by atoms with Crippen molar-refractivity contribution in [3.05, 3.63) is 94.9 Å². The Labute approximate surface area is 164 Å². The normalized spacial score (nSPS) is 11.6. The minimum atomic E-state index is -0.479. The molecule has 1 amide bonds. The first-order valence-corrected chi connectivity index (χ1v) is 8.73. The van der Waals surface area contributed by atoms with Crippen molar-refractivity contribution in [2.75, 3.05) is 5.32 Å². The molecule has 2 heterocycles. The summed E-state index contributed by atoms with van der Waals surface area (Å²) in [6.07, 6.45) is 1.57. The summed E-state index contributed by atoms with van der Waals surface area (Å²) >= 11 is 6.07. The molecule has 4 aromatic rings. The van der Waals surface area contributed by atoms with E-state index >= 15 is 0 Å². The van der Waals surface area contributed by atoms with Crippen LogP contribution in [0, 0.1) is 5.82 Å². The van der Waals surface area contributed by atoms with E-state index in [-0.39, 0.29) is 21.8 Å². The van der Waals surface area contributed by atoms with Gasteiger partial charge in [-0.25, -0.2) is 14.4 Å². The van der Waals surface area contributed by atoms with Crippen LogP contribution in [0.5, 0.6) is 0 Å². The van der Waals surface area contributed by atoms with Gasteiger partial charge in [-0.05, 0) is 42.5 Å². The first-order valence-electron chi connectivity index (χ1n) is 8.35. The number of amides is 1. The molecule has 0 aliphatic carbocycles. The molecule has 0 spiro atoms. The average Bonchev–Trinajstić information content (AvgIpc) is 2.70. The van der Waals surface area contributed by atoms with Crippen LogP contribution < -0.4 is 10.9 Å². The number of carbonyl (C=O) groups excluding carboxylic acids is 1. The lowest BCUT2D eigenvalue weighted by molar-refractivity contribution is 0.102. The van der Waals surface area contributed by atoms with Gasteiger partial charge in [0.25, 0.3) is 5.91 Å². The number of nitrogens with zero attached hydrogens (tertiary/aromatic N) is 2. The Morgan fingerprint density at radius 3 is 2.68 bits per heavy atom. The number of benzene rings is 2. The molecule has 5 nitrogen and oxygen atoms in total. The van der Waals surface area contributed by atoms with E-state index < -0.39 is 11.7 Å². The summed E-state index contributed by atoms with van der Waals surface area (Å²) in [6, 6.07) is 17.9. The first kappa shape index (κ1) is 17.9. The van der Waals surface area contributed by atoms with Gasteiger partial charge in [-0.3, -0.25) is 4.79 Å². The maximum atomic E-state index is 13.3. The number of anilines is 1. The summed E-state index contributed by atoms with van der Waals surface area (Å²) in [5, 5.41) is 3.55. The Morgan fingerprint density at radius 2 is 1.89 bits per heavy atom. The number of hydrogen-bond acceptors (Lipinski definition) is 4. The summed E-state index contributed by atoms with van der Waals surface area (Å²) in [5.74, 6) is -0.524. The highest BCUT2D eigenvalue weighted by atomic mass is 35.5. The number of halogens is 2. The molecule has 0 aliphatic rings. The minimum Gasteiger partial charge on any atom is -0.438 e. The van der Waals surface area contributed by atoms with E-state index in [0.717, 1.165) is 11.5 Å². The third-order valence-corrected chi connectivity index (χ3v) is 4.24.